The Morgan fingerprint density at radius 2 is 2.16 bits per heavy atom. The summed E-state index contributed by atoms with van der Waals surface area (Å²) in [6, 6.07) is 16.1. The Morgan fingerprint density at radius 1 is 1.32 bits per heavy atom. The van der Waals surface area contributed by atoms with Crippen molar-refractivity contribution in [2.75, 3.05) is 13.2 Å². The number of fused-ring (bicyclic) bond motifs is 1. The van der Waals surface area contributed by atoms with Gasteiger partial charge in [-0.15, -0.1) is 0 Å². The Bertz CT molecular complexity index is 745. The first kappa shape index (κ1) is 17.1. The van der Waals surface area contributed by atoms with Crippen LogP contribution in [0.1, 0.15) is 30.5 Å². The predicted molar refractivity (Wildman–Crippen MR) is 100 cm³/mol. The van der Waals surface area contributed by atoms with Crippen molar-refractivity contribution in [1.82, 2.24) is 5.32 Å². The van der Waals surface area contributed by atoms with Gasteiger partial charge in [0.1, 0.15) is 17.6 Å². The molecule has 0 saturated carbocycles. The molecule has 0 saturated heterocycles. The second-order valence-corrected chi connectivity index (χ2v) is 6.34. The normalized spacial score (nSPS) is 18.0. The van der Waals surface area contributed by atoms with Crippen LogP contribution in [0.2, 0.25) is 0 Å². The molecule has 0 bridgehead atoms. The van der Waals surface area contributed by atoms with Crippen LogP contribution in [-0.2, 0) is 0 Å². The molecular formula is C20H25N3O2. The van der Waals surface area contributed by atoms with Gasteiger partial charge in [-0.05, 0) is 37.6 Å². The number of aliphatic imine (C=N–C) groups is 1. The van der Waals surface area contributed by atoms with Crippen molar-refractivity contribution >= 4 is 5.96 Å². The fourth-order valence-electron chi connectivity index (χ4n) is 2.90. The molecule has 0 aromatic heterocycles. The lowest BCUT2D eigenvalue weighted by molar-refractivity contribution is 0.230. The minimum absolute atomic E-state index is 0.0517. The highest BCUT2D eigenvalue weighted by Gasteiger charge is 2.21. The molecule has 0 aliphatic carbocycles. The maximum absolute atomic E-state index is 6.07. The lowest BCUT2D eigenvalue weighted by Gasteiger charge is -2.27. The van der Waals surface area contributed by atoms with E-state index >= 15 is 0 Å². The van der Waals surface area contributed by atoms with Gasteiger partial charge in [0.15, 0.2) is 5.96 Å². The fraction of sp³-hybridized carbons (Fsp3) is 0.350. The quantitative estimate of drug-likeness (QED) is 0.648. The van der Waals surface area contributed by atoms with Crippen molar-refractivity contribution in [3.63, 3.8) is 0 Å². The molecule has 0 spiro atoms. The molecule has 1 heterocycles. The van der Waals surface area contributed by atoms with E-state index in [1.807, 2.05) is 56.3 Å². The van der Waals surface area contributed by atoms with E-state index in [-0.39, 0.29) is 12.1 Å². The molecule has 0 fully saturated rings. The predicted octanol–water partition coefficient (Wildman–Crippen LogP) is 3.19. The summed E-state index contributed by atoms with van der Waals surface area (Å²) < 4.78 is 11.6. The molecule has 2 aromatic carbocycles. The number of ether oxygens (including phenoxy) is 2. The Kier molecular flexibility index (Phi) is 5.43. The lowest BCUT2D eigenvalue weighted by Crippen LogP contribution is -2.38. The van der Waals surface area contributed by atoms with Gasteiger partial charge in [0, 0.05) is 12.0 Å². The second-order valence-electron chi connectivity index (χ2n) is 6.34. The number of nitrogens with two attached hydrogens (primary N) is 1. The van der Waals surface area contributed by atoms with Crippen LogP contribution in [-0.4, -0.2) is 25.2 Å². The molecule has 3 N–H and O–H groups in total. The van der Waals surface area contributed by atoms with Gasteiger partial charge in [-0.1, -0.05) is 30.3 Å². The average Bonchev–Trinajstić information content (AvgIpc) is 2.60. The standard InChI is InChI=1S/C20H25N3O2/c1-14-6-5-7-16(12-14)25-15(2)13-22-20(21)23-18-10-11-24-19-9-4-3-8-17(18)19/h3-9,12,15,18H,10-11,13H2,1-2H3,(H3,21,22,23). The molecule has 25 heavy (non-hydrogen) atoms. The van der Waals surface area contributed by atoms with Crippen LogP contribution >= 0.6 is 0 Å². The minimum Gasteiger partial charge on any atom is -0.493 e. The van der Waals surface area contributed by atoms with Crippen molar-refractivity contribution in [2.24, 2.45) is 10.7 Å². The fourth-order valence-corrected chi connectivity index (χ4v) is 2.90. The topological polar surface area (TPSA) is 68.9 Å². The van der Waals surface area contributed by atoms with Gasteiger partial charge in [-0.25, -0.2) is 4.99 Å². The molecular weight excluding hydrogens is 314 g/mol. The number of para-hydroxylation sites is 1. The third-order valence-corrected chi connectivity index (χ3v) is 4.13. The smallest absolute Gasteiger partial charge is 0.189 e. The largest absolute Gasteiger partial charge is 0.493 e. The highest BCUT2D eigenvalue weighted by molar-refractivity contribution is 5.78. The molecule has 1 aliphatic heterocycles. The van der Waals surface area contributed by atoms with E-state index in [4.69, 9.17) is 15.2 Å². The van der Waals surface area contributed by atoms with E-state index in [2.05, 4.69) is 16.4 Å². The van der Waals surface area contributed by atoms with Crippen LogP contribution < -0.4 is 20.5 Å². The molecule has 2 unspecified atom stereocenters. The van der Waals surface area contributed by atoms with Crippen LogP contribution in [0.25, 0.3) is 0 Å². The summed E-state index contributed by atoms with van der Waals surface area (Å²) in [7, 11) is 0. The van der Waals surface area contributed by atoms with Crippen molar-refractivity contribution in [3.05, 3.63) is 59.7 Å². The van der Waals surface area contributed by atoms with Crippen LogP contribution in [0.15, 0.2) is 53.5 Å². The molecule has 2 aromatic rings. The zero-order valence-electron chi connectivity index (χ0n) is 14.7. The summed E-state index contributed by atoms with van der Waals surface area (Å²) in [4.78, 5) is 4.43. The zero-order valence-corrected chi connectivity index (χ0v) is 14.7. The van der Waals surface area contributed by atoms with Gasteiger partial charge in [-0.2, -0.15) is 0 Å². The Labute approximate surface area is 148 Å². The molecule has 132 valence electrons. The average molecular weight is 339 g/mol. The number of aryl methyl sites for hydroxylation is 1. The van der Waals surface area contributed by atoms with Crippen LogP contribution in [0, 0.1) is 6.92 Å². The SMILES string of the molecule is Cc1cccc(OC(C)CN=C(N)NC2CCOc3ccccc32)c1. The van der Waals surface area contributed by atoms with Crippen LogP contribution in [0.4, 0.5) is 0 Å². The third kappa shape index (κ3) is 4.66. The molecule has 0 amide bonds. The third-order valence-electron chi connectivity index (χ3n) is 4.13. The number of rotatable bonds is 5. The zero-order chi connectivity index (χ0) is 17.6. The van der Waals surface area contributed by atoms with Gasteiger partial charge in [0.2, 0.25) is 0 Å². The van der Waals surface area contributed by atoms with Crippen molar-refractivity contribution in [2.45, 2.75) is 32.4 Å². The molecule has 5 heteroatoms. The molecule has 5 nitrogen and oxygen atoms in total. The maximum Gasteiger partial charge on any atom is 0.189 e. The summed E-state index contributed by atoms with van der Waals surface area (Å²) in [6.07, 6.45) is 0.812. The van der Waals surface area contributed by atoms with Gasteiger partial charge in [0.05, 0.1) is 19.2 Å². The number of nitrogens with one attached hydrogen (secondary N) is 1. The summed E-state index contributed by atoms with van der Waals surface area (Å²) in [5.41, 5.74) is 8.36. The van der Waals surface area contributed by atoms with Crippen LogP contribution in [0.5, 0.6) is 11.5 Å². The van der Waals surface area contributed by atoms with Gasteiger partial charge in [0.25, 0.3) is 0 Å². The highest BCUT2D eigenvalue weighted by atomic mass is 16.5. The Hall–Kier alpha value is -2.69. The van der Waals surface area contributed by atoms with E-state index in [0.29, 0.717) is 19.1 Å². The second kappa shape index (κ2) is 7.92. The first-order valence-corrected chi connectivity index (χ1v) is 8.63. The van der Waals surface area contributed by atoms with Gasteiger partial charge < -0.3 is 20.5 Å². The van der Waals surface area contributed by atoms with Crippen molar-refractivity contribution < 1.29 is 9.47 Å². The van der Waals surface area contributed by atoms with E-state index in [9.17, 15) is 0 Å². The number of guanidine groups is 1. The van der Waals surface area contributed by atoms with Crippen molar-refractivity contribution in [3.8, 4) is 11.5 Å². The van der Waals surface area contributed by atoms with Gasteiger partial charge >= 0.3 is 0 Å². The van der Waals surface area contributed by atoms with E-state index in [1.54, 1.807) is 0 Å². The maximum atomic E-state index is 6.07. The van der Waals surface area contributed by atoms with E-state index < -0.39 is 0 Å². The minimum atomic E-state index is -0.0517. The number of hydrogen-bond donors (Lipinski definition) is 2. The van der Waals surface area contributed by atoms with Gasteiger partial charge in [-0.3, -0.25) is 0 Å². The summed E-state index contributed by atoms with van der Waals surface area (Å²) in [5, 5.41) is 3.30. The number of hydrogen-bond acceptors (Lipinski definition) is 3. The Balaban J connectivity index is 1.55. The monoisotopic (exact) mass is 339 g/mol. The summed E-state index contributed by atoms with van der Waals surface area (Å²) >= 11 is 0. The van der Waals surface area contributed by atoms with E-state index in [1.165, 1.54) is 5.56 Å². The lowest BCUT2D eigenvalue weighted by atomic mass is 10.0. The first-order valence-electron chi connectivity index (χ1n) is 8.63. The highest BCUT2D eigenvalue weighted by Crippen LogP contribution is 2.31. The number of benzene rings is 2. The molecule has 3 rings (SSSR count). The van der Waals surface area contributed by atoms with E-state index in [0.717, 1.165) is 23.5 Å². The summed E-state index contributed by atoms with van der Waals surface area (Å²) in [5.74, 6) is 2.20. The number of nitrogens with zero attached hydrogens (tertiary/aromatic N) is 1. The molecule has 0 radical (unpaired) electrons. The van der Waals surface area contributed by atoms with Crippen LogP contribution in [0.3, 0.4) is 0 Å². The molecule has 1 aliphatic rings. The first-order chi connectivity index (χ1) is 12.1. The Morgan fingerprint density at radius 3 is 3.00 bits per heavy atom. The van der Waals surface area contributed by atoms with Crippen molar-refractivity contribution in [1.29, 1.82) is 0 Å². The summed E-state index contributed by atoms with van der Waals surface area (Å²) in [6.45, 7) is 5.21. The molecule has 2 atom stereocenters.